The Morgan fingerprint density at radius 2 is 1.19 bits per heavy atom. The highest BCUT2D eigenvalue weighted by atomic mass is 16.4. The van der Waals surface area contributed by atoms with E-state index in [-0.39, 0.29) is 21.5 Å². The number of benzene rings is 1. The molecule has 0 aliphatic rings. The van der Waals surface area contributed by atoms with Gasteiger partial charge in [0.2, 0.25) is 0 Å². The Kier molecular flexibility index (Phi) is 1.40. The molecule has 0 bridgehead atoms. The maximum absolute atomic E-state index is 11.2. The van der Waals surface area contributed by atoms with Crippen molar-refractivity contribution in [2.75, 3.05) is 0 Å². The van der Waals surface area contributed by atoms with Crippen LogP contribution in [0.2, 0.25) is 0 Å². The first-order chi connectivity index (χ1) is 7.58. The van der Waals surface area contributed by atoms with Crippen LogP contribution in [0.3, 0.4) is 0 Å². The Morgan fingerprint density at radius 3 is 1.81 bits per heavy atom. The third kappa shape index (κ3) is 0.902. The van der Waals surface area contributed by atoms with Crippen LogP contribution in [0.4, 0.5) is 0 Å². The maximum Gasteiger partial charge on any atom is 0.527 e. The highest BCUT2D eigenvalue weighted by Gasteiger charge is 2.20. The van der Waals surface area contributed by atoms with Gasteiger partial charge in [-0.2, -0.15) is 0 Å². The molecule has 0 atom stereocenters. The molecule has 6 heteroatoms. The van der Waals surface area contributed by atoms with E-state index < -0.39 is 22.5 Å². The third-order valence-electron chi connectivity index (χ3n) is 2.42. The summed E-state index contributed by atoms with van der Waals surface area (Å²) in [7, 11) is 0. The van der Waals surface area contributed by atoms with Gasteiger partial charge >= 0.3 is 22.5 Å². The summed E-state index contributed by atoms with van der Waals surface area (Å²) >= 11 is 0. The standard InChI is InChI=1S/C10H2O6/c11-7-3-1-4-6(10(14)16-8(4)12)2-5(3)9(13)15-7/h1-2H/p+1. The summed E-state index contributed by atoms with van der Waals surface area (Å²) in [6.45, 7) is 0. The summed E-state index contributed by atoms with van der Waals surface area (Å²) < 4.78 is 8.81. The zero-order chi connectivity index (χ0) is 11.4. The molecule has 0 saturated heterocycles. The van der Waals surface area contributed by atoms with Crippen molar-refractivity contribution in [3.63, 3.8) is 0 Å². The summed E-state index contributed by atoms with van der Waals surface area (Å²) in [6, 6.07) is 2.39. The van der Waals surface area contributed by atoms with Crippen LogP contribution >= 0.6 is 0 Å². The van der Waals surface area contributed by atoms with Crippen LogP contribution in [0, 0.1) is 0 Å². The second kappa shape index (κ2) is 2.54. The smallest absolute Gasteiger partial charge is 0.386 e. The van der Waals surface area contributed by atoms with E-state index in [0.717, 1.165) is 0 Å². The Labute approximate surface area is 85.0 Å². The van der Waals surface area contributed by atoms with Crippen molar-refractivity contribution in [2.45, 2.75) is 0 Å². The molecule has 1 aromatic carbocycles. The number of furan rings is 2. The number of hydrogen-bond donors (Lipinski definition) is 0. The summed E-state index contributed by atoms with van der Waals surface area (Å²) in [4.78, 5) is 42.9. The molecule has 1 N–H and O–H groups in total. The zero-order valence-corrected chi connectivity index (χ0v) is 7.64. The molecule has 0 aliphatic heterocycles. The molecule has 3 aromatic rings. The van der Waals surface area contributed by atoms with E-state index in [1.165, 1.54) is 12.1 Å². The summed E-state index contributed by atoms with van der Waals surface area (Å²) in [5.74, 6) is 0. The van der Waals surface area contributed by atoms with E-state index in [1.807, 2.05) is 0 Å². The summed E-state index contributed by atoms with van der Waals surface area (Å²) in [5.41, 5.74) is -2.94. The molecule has 6 nitrogen and oxygen atoms in total. The Balaban J connectivity index is 2.80. The fraction of sp³-hybridized carbons (Fsp3) is 0. The molecule has 0 saturated carbocycles. The van der Waals surface area contributed by atoms with Gasteiger partial charge in [0.15, 0.2) is 0 Å². The molecular formula is C10H3O6+. The van der Waals surface area contributed by atoms with E-state index >= 15 is 0 Å². The average Bonchev–Trinajstić information content (AvgIpc) is 2.67. The fourth-order valence-corrected chi connectivity index (χ4v) is 1.68. The fourth-order valence-electron chi connectivity index (χ4n) is 1.68. The molecule has 78 valence electrons. The number of fused-ring (bicyclic) bond motifs is 2. The van der Waals surface area contributed by atoms with Crippen molar-refractivity contribution in [1.82, 2.24) is 0 Å². The average molecular weight is 219 g/mol. The lowest BCUT2D eigenvalue weighted by Gasteiger charge is -1.81. The minimum atomic E-state index is -0.804. The lowest BCUT2D eigenvalue weighted by molar-refractivity contribution is 0.369. The Bertz CT molecular complexity index is 770. The van der Waals surface area contributed by atoms with E-state index in [4.69, 9.17) is 0 Å². The van der Waals surface area contributed by atoms with E-state index in [9.17, 15) is 19.2 Å². The topological polar surface area (TPSA) is 98.9 Å². The largest absolute Gasteiger partial charge is 0.527 e. The van der Waals surface area contributed by atoms with Crippen molar-refractivity contribution < 1.29 is 13.6 Å². The molecule has 0 unspecified atom stereocenters. The second-order valence-corrected chi connectivity index (χ2v) is 3.32. The van der Waals surface area contributed by atoms with Crippen LogP contribution in [-0.4, -0.2) is 4.79 Å². The van der Waals surface area contributed by atoms with Crippen LogP contribution in [0.1, 0.15) is 0 Å². The van der Waals surface area contributed by atoms with Crippen molar-refractivity contribution in [2.24, 2.45) is 0 Å². The van der Waals surface area contributed by atoms with Gasteiger partial charge in [0, 0.05) is 0 Å². The molecule has 0 amide bonds. The predicted molar refractivity (Wildman–Crippen MR) is 52.2 cm³/mol. The van der Waals surface area contributed by atoms with Crippen molar-refractivity contribution in [1.29, 1.82) is 0 Å². The lowest BCUT2D eigenvalue weighted by Crippen LogP contribution is -1.97. The number of hydrogen-bond acceptors (Lipinski definition) is 5. The van der Waals surface area contributed by atoms with Gasteiger partial charge in [0.05, 0.1) is 10.8 Å². The molecule has 0 aliphatic carbocycles. The van der Waals surface area contributed by atoms with Gasteiger partial charge in [-0.05, 0) is 12.1 Å². The van der Waals surface area contributed by atoms with Crippen LogP contribution in [-0.2, 0) is 0 Å². The highest BCUT2D eigenvalue weighted by Crippen LogP contribution is 2.13. The zero-order valence-electron chi connectivity index (χ0n) is 7.64. The second-order valence-electron chi connectivity index (χ2n) is 3.32. The minimum Gasteiger partial charge on any atom is -0.386 e. The van der Waals surface area contributed by atoms with Gasteiger partial charge in [0.1, 0.15) is 10.8 Å². The van der Waals surface area contributed by atoms with Crippen molar-refractivity contribution in [3.05, 3.63) is 49.0 Å². The first kappa shape index (κ1) is 8.78. The first-order valence-corrected chi connectivity index (χ1v) is 4.31. The maximum atomic E-state index is 11.2. The first-order valence-electron chi connectivity index (χ1n) is 4.31. The van der Waals surface area contributed by atoms with E-state index in [2.05, 4.69) is 8.83 Å². The van der Waals surface area contributed by atoms with Gasteiger partial charge in [-0.3, -0.25) is 0 Å². The molecule has 2 heterocycles. The van der Waals surface area contributed by atoms with Gasteiger partial charge in [-0.15, -0.1) is 0 Å². The predicted octanol–water partition coefficient (Wildman–Crippen LogP) is -0.860. The van der Waals surface area contributed by atoms with Gasteiger partial charge in [-0.25, -0.2) is 18.8 Å². The van der Waals surface area contributed by atoms with Crippen LogP contribution in [0.15, 0.2) is 35.4 Å². The normalized spacial score (nSPS) is 11.5. The highest BCUT2D eigenvalue weighted by molar-refractivity contribution is 5.96. The van der Waals surface area contributed by atoms with Crippen molar-refractivity contribution in [3.8, 4) is 0 Å². The molecule has 3 rings (SSSR count). The molecular weight excluding hydrogens is 216 g/mol. The van der Waals surface area contributed by atoms with E-state index in [1.54, 1.807) is 0 Å². The summed E-state index contributed by atoms with van der Waals surface area (Å²) in [6.07, 6.45) is 0. The Hall–Kier alpha value is -2.50. The molecule has 2 aromatic heterocycles. The molecule has 0 fully saturated rings. The molecule has 0 spiro atoms. The van der Waals surface area contributed by atoms with E-state index in [0.29, 0.717) is 0 Å². The van der Waals surface area contributed by atoms with Crippen LogP contribution in [0.5, 0.6) is 0 Å². The minimum absolute atomic E-state index is 0.00963. The van der Waals surface area contributed by atoms with Crippen LogP contribution in [0.25, 0.3) is 21.5 Å². The third-order valence-corrected chi connectivity index (χ3v) is 2.42. The SMILES string of the molecule is O=c1oc(=O)c2cc3c(=[OH+])oc(=O)c3cc12. The molecule has 0 radical (unpaired) electrons. The number of rotatable bonds is 0. The van der Waals surface area contributed by atoms with Crippen LogP contribution < -0.4 is 22.5 Å². The lowest BCUT2D eigenvalue weighted by atomic mass is 10.1. The quantitative estimate of drug-likeness (QED) is 0.458. The summed E-state index contributed by atoms with van der Waals surface area (Å²) in [5, 5.41) is 0.169. The Morgan fingerprint density at radius 1 is 0.750 bits per heavy atom. The van der Waals surface area contributed by atoms with Gasteiger partial charge in [0.25, 0.3) is 0 Å². The van der Waals surface area contributed by atoms with Crippen molar-refractivity contribution >= 4 is 21.5 Å². The monoisotopic (exact) mass is 219 g/mol. The van der Waals surface area contributed by atoms with Gasteiger partial charge < -0.3 is 9.21 Å². The molecule has 16 heavy (non-hydrogen) atoms. The van der Waals surface area contributed by atoms with Gasteiger partial charge in [-0.1, -0.05) is 0 Å².